The van der Waals surface area contributed by atoms with E-state index < -0.39 is 12.5 Å². The molecule has 0 amide bonds. The number of aliphatic hydroxyl groups excluding tert-OH is 2. The van der Waals surface area contributed by atoms with Gasteiger partial charge < -0.3 is 20.8 Å². The van der Waals surface area contributed by atoms with Crippen molar-refractivity contribution >= 4 is 0 Å². The third kappa shape index (κ3) is 10.2. The van der Waals surface area contributed by atoms with Crippen LogP contribution in [-0.2, 0) is 0 Å². The third-order valence-corrected chi connectivity index (χ3v) is 9.06. The number of hydrogen-bond donors (Lipinski definition) is 8. The number of hydrogen-bond acceptors (Lipinski definition) is 8. The molecule has 3 aliphatic rings. The second-order valence-electron chi connectivity index (χ2n) is 13.3. The summed E-state index contributed by atoms with van der Waals surface area (Å²) in [5.41, 5.74) is 3.24. The zero-order valence-electron chi connectivity index (χ0n) is 26.5. The zero-order chi connectivity index (χ0) is 30.1. The van der Waals surface area contributed by atoms with E-state index in [0.717, 1.165) is 56.5 Å². The minimum atomic E-state index is -0.535. The molecule has 8 N–H and O–H groups in total. The number of fused-ring (bicyclic) bond motifs is 1. The minimum Gasteiger partial charge on any atom is -0.379 e. The smallest absolute Gasteiger partial charge is 0.127 e. The Morgan fingerprint density at radius 1 is 1.10 bits per heavy atom. The van der Waals surface area contributed by atoms with Gasteiger partial charge in [0.15, 0.2) is 0 Å². The Balaban J connectivity index is 1.62. The average Bonchev–Trinajstić information content (AvgIpc) is 3.35. The fourth-order valence-corrected chi connectivity index (χ4v) is 6.16. The van der Waals surface area contributed by atoms with Crippen molar-refractivity contribution < 1.29 is 10.2 Å². The molecule has 0 aromatic carbocycles. The normalized spacial score (nSPS) is 30.7. The monoisotopic (exact) mass is 572 g/mol. The molecular weight excluding hydrogens is 512 g/mol. The Labute approximate surface area is 250 Å². The molecule has 8 heteroatoms. The molecule has 0 radical (unpaired) electrons. The van der Waals surface area contributed by atoms with Gasteiger partial charge in [-0.05, 0) is 36.7 Å². The van der Waals surface area contributed by atoms with Crippen LogP contribution in [-0.4, -0.2) is 59.7 Å². The molecule has 3 rings (SSSR count). The van der Waals surface area contributed by atoms with Gasteiger partial charge in [-0.2, -0.15) is 0 Å². The van der Waals surface area contributed by atoms with Gasteiger partial charge in [0.25, 0.3) is 0 Å². The lowest BCUT2D eigenvalue weighted by atomic mass is 9.89. The fourth-order valence-electron chi connectivity index (χ4n) is 6.16. The summed E-state index contributed by atoms with van der Waals surface area (Å²) < 4.78 is 0. The van der Waals surface area contributed by atoms with Gasteiger partial charge in [-0.25, -0.2) is 0 Å². The number of rotatable bonds is 14. The Morgan fingerprint density at radius 3 is 2.51 bits per heavy atom. The van der Waals surface area contributed by atoms with Crippen LogP contribution >= 0.6 is 0 Å². The maximum atomic E-state index is 10.7. The summed E-state index contributed by atoms with van der Waals surface area (Å²) >= 11 is 0. The van der Waals surface area contributed by atoms with E-state index in [4.69, 9.17) is 0 Å². The summed E-state index contributed by atoms with van der Waals surface area (Å²) in [5.74, 6) is 1.24. The molecule has 234 valence electrons. The van der Waals surface area contributed by atoms with Crippen molar-refractivity contribution in [3.8, 4) is 0 Å². The number of nitrogens with one attached hydrogen (secondary N) is 6. The van der Waals surface area contributed by atoms with Crippen molar-refractivity contribution in [1.82, 2.24) is 31.9 Å². The van der Waals surface area contributed by atoms with Gasteiger partial charge in [-0.3, -0.25) is 21.3 Å². The van der Waals surface area contributed by atoms with E-state index >= 15 is 0 Å². The van der Waals surface area contributed by atoms with Crippen molar-refractivity contribution in [2.24, 2.45) is 23.7 Å². The van der Waals surface area contributed by atoms with E-state index in [-0.39, 0.29) is 30.2 Å². The maximum absolute atomic E-state index is 10.7. The average molecular weight is 573 g/mol. The zero-order valence-corrected chi connectivity index (χ0v) is 26.5. The van der Waals surface area contributed by atoms with Crippen molar-refractivity contribution in [3.05, 3.63) is 48.4 Å². The number of unbranched alkanes of at least 4 members (excludes halogenated alkanes) is 1. The highest BCUT2D eigenvalue weighted by atomic mass is 16.3. The SMILES string of the molecule is C=C1CC(NC(O)CC(C)C)/C=C\CNC(C(CCCC)C(=C)C2NC3CC=C(NC(O)C(C)C(C)C)CC3N2)N1. The number of aliphatic hydroxyl groups is 2. The van der Waals surface area contributed by atoms with Crippen LogP contribution in [0.5, 0.6) is 0 Å². The topological polar surface area (TPSA) is 113 Å². The first-order chi connectivity index (χ1) is 19.5. The van der Waals surface area contributed by atoms with Crippen LogP contribution in [0.1, 0.15) is 86.5 Å². The van der Waals surface area contributed by atoms with E-state index in [0.29, 0.717) is 30.3 Å². The lowest BCUT2D eigenvalue weighted by Gasteiger charge is -2.34. The quantitative estimate of drug-likeness (QED) is 0.117. The summed E-state index contributed by atoms with van der Waals surface area (Å²) in [4.78, 5) is 0. The first kappa shape index (κ1) is 33.8. The molecule has 1 saturated heterocycles. The van der Waals surface area contributed by atoms with Crippen LogP contribution in [0.3, 0.4) is 0 Å². The molecule has 2 aliphatic heterocycles. The predicted molar refractivity (Wildman–Crippen MR) is 170 cm³/mol. The molecule has 0 bridgehead atoms. The molecule has 2 heterocycles. The fraction of sp³-hybridized carbons (Fsp3) is 0.758. The van der Waals surface area contributed by atoms with Crippen molar-refractivity contribution in [2.45, 2.75) is 129 Å². The highest BCUT2D eigenvalue weighted by Gasteiger charge is 2.39. The lowest BCUT2D eigenvalue weighted by Crippen LogP contribution is -2.51. The van der Waals surface area contributed by atoms with Crippen LogP contribution in [0.25, 0.3) is 0 Å². The summed E-state index contributed by atoms with van der Waals surface area (Å²) in [6.07, 6.45) is 12.0. The van der Waals surface area contributed by atoms with Crippen molar-refractivity contribution in [2.75, 3.05) is 6.54 Å². The molecule has 0 saturated carbocycles. The molecule has 1 aliphatic carbocycles. The Hall–Kier alpha value is -1.68. The molecule has 41 heavy (non-hydrogen) atoms. The van der Waals surface area contributed by atoms with Gasteiger partial charge in [0.2, 0.25) is 0 Å². The molecule has 0 aromatic heterocycles. The van der Waals surface area contributed by atoms with E-state index in [9.17, 15) is 10.2 Å². The summed E-state index contributed by atoms with van der Waals surface area (Å²) in [6.45, 7) is 22.6. The van der Waals surface area contributed by atoms with E-state index in [1.807, 2.05) is 0 Å². The minimum absolute atomic E-state index is 0.0137. The maximum Gasteiger partial charge on any atom is 0.127 e. The van der Waals surface area contributed by atoms with Crippen molar-refractivity contribution in [1.29, 1.82) is 0 Å². The van der Waals surface area contributed by atoms with Gasteiger partial charge in [0.05, 0.1) is 12.3 Å². The van der Waals surface area contributed by atoms with Gasteiger partial charge in [-0.1, -0.05) is 85.8 Å². The van der Waals surface area contributed by atoms with Crippen LogP contribution in [0, 0.1) is 23.7 Å². The lowest BCUT2D eigenvalue weighted by molar-refractivity contribution is 0.0684. The summed E-state index contributed by atoms with van der Waals surface area (Å²) in [5, 5.41) is 42.9. The molecule has 8 nitrogen and oxygen atoms in total. The van der Waals surface area contributed by atoms with E-state index in [1.54, 1.807) is 0 Å². The predicted octanol–water partition coefficient (Wildman–Crippen LogP) is 3.78. The van der Waals surface area contributed by atoms with Gasteiger partial charge in [0, 0.05) is 60.7 Å². The highest BCUT2D eigenvalue weighted by Crippen LogP contribution is 2.30. The second-order valence-corrected chi connectivity index (χ2v) is 13.3. The molecule has 9 atom stereocenters. The first-order valence-electron chi connectivity index (χ1n) is 16.1. The van der Waals surface area contributed by atoms with Crippen LogP contribution in [0.2, 0.25) is 0 Å². The Kier molecular flexibility index (Phi) is 13.4. The van der Waals surface area contributed by atoms with Crippen LogP contribution in [0.4, 0.5) is 0 Å². The van der Waals surface area contributed by atoms with Crippen LogP contribution < -0.4 is 31.9 Å². The third-order valence-electron chi connectivity index (χ3n) is 9.06. The second kappa shape index (κ2) is 16.2. The van der Waals surface area contributed by atoms with E-state index in [1.165, 1.54) is 5.57 Å². The largest absolute Gasteiger partial charge is 0.379 e. The molecule has 9 unspecified atom stereocenters. The standard InChI is InChI=1S/C33H60N6O2/c1-9-10-13-27(32-34-16-11-12-25(18-22(6)35-32)36-30(40)17-20(2)3)24(8)31-38-28-15-14-26(19-29(28)39-31)37-33(41)23(7)21(4)5/h11-12,14,20-21,23,25,27-41H,6,8-10,13,15-19H2,1-5,7H3/b12-11-. The molecule has 1 fully saturated rings. The Morgan fingerprint density at radius 2 is 1.83 bits per heavy atom. The molecule has 0 spiro atoms. The van der Waals surface area contributed by atoms with E-state index in [2.05, 4.69) is 105 Å². The van der Waals surface area contributed by atoms with Gasteiger partial charge >= 0.3 is 0 Å². The summed E-state index contributed by atoms with van der Waals surface area (Å²) in [7, 11) is 0. The first-order valence-corrected chi connectivity index (χ1v) is 16.1. The van der Waals surface area contributed by atoms with Gasteiger partial charge in [-0.15, -0.1) is 0 Å². The highest BCUT2D eigenvalue weighted by molar-refractivity contribution is 5.22. The summed E-state index contributed by atoms with van der Waals surface area (Å²) in [6, 6.07) is 0.665. The Bertz CT molecular complexity index is 902. The van der Waals surface area contributed by atoms with Gasteiger partial charge in [0.1, 0.15) is 12.5 Å². The van der Waals surface area contributed by atoms with Crippen LogP contribution in [0.15, 0.2) is 48.4 Å². The molecular formula is C33H60N6O2. The molecule has 0 aromatic rings. The van der Waals surface area contributed by atoms with Crippen molar-refractivity contribution in [3.63, 3.8) is 0 Å².